The molecule has 64 valence electrons. The van der Waals surface area contributed by atoms with Gasteiger partial charge in [-0.2, -0.15) is 0 Å². The summed E-state index contributed by atoms with van der Waals surface area (Å²) >= 11 is 5.15. The average Bonchev–Trinajstić information content (AvgIpc) is 2.00. The normalized spacial score (nSPS) is 9.92. The van der Waals surface area contributed by atoms with E-state index in [4.69, 9.17) is 0 Å². The van der Waals surface area contributed by atoms with Gasteiger partial charge in [0.25, 0.3) is 0 Å². The Morgan fingerprint density at radius 2 is 2.17 bits per heavy atom. The van der Waals surface area contributed by atoms with Crippen LogP contribution < -0.4 is 0 Å². The number of carbonyl (C=O) groups is 1. The Morgan fingerprint density at radius 3 is 2.67 bits per heavy atom. The molecule has 1 rings (SSSR count). The van der Waals surface area contributed by atoms with E-state index in [2.05, 4.69) is 15.9 Å². The summed E-state index contributed by atoms with van der Waals surface area (Å²) in [5, 5.41) is 9.43. The van der Waals surface area contributed by atoms with Gasteiger partial charge in [0.05, 0.1) is 8.04 Å². The number of carbonyl (C=O) groups excluding carboxylic acids is 1. The molecule has 0 aliphatic rings. The van der Waals surface area contributed by atoms with Gasteiger partial charge >= 0.3 is 0 Å². The maximum absolute atomic E-state index is 11.0. The second-order valence-electron chi connectivity index (χ2n) is 2.31. The number of Topliss-reactive ketones (excluding diaryl/α,β-unsaturated/α-hetero) is 1. The van der Waals surface area contributed by atoms with Crippen LogP contribution in [0.5, 0.6) is 5.75 Å². The Kier molecular flexibility index (Phi) is 3.11. The Hall–Kier alpha value is -0.100. The van der Waals surface area contributed by atoms with Crippen molar-refractivity contribution in [3.05, 3.63) is 25.7 Å². The van der Waals surface area contributed by atoms with Crippen LogP contribution in [0.15, 0.2) is 16.6 Å². The number of halogens is 2. The van der Waals surface area contributed by atoms with Gasteiger partial charge in [0.2, 0.25) is 0 Å². The van der Waals surface area contributed by atoms with Crippen LogP contribution in [0.3, 0.4) is 0 Å². The molecule has 0 saturated heterocycles. The largest absolute Gasteiger partial charge is 0.506 e. The van der Waals surface area contributed by atoms with Crippen molar-refractivity contribution in [1.82, 2.24) is 0 Å². The maximum atomic E-state index is 11.0. The van der Waals surface area contributed by atoms with E-state index < -0.39 is 0 Å². The van der Waals surface area contributed by atoms with Crippen LogP contribution in [0, 0.1) is 3.57 Å². The highest BCUT2D eigenvalue weighted by atomic mass is 127. The highest BCUT2D eigenvalue weighted by Gasteiger charge is 2.10. The summed E-state index contributed by atoms with van der Waals surface area (Å²) < 4.78 is 1.20. The zero-order valence-electron chi connectivity index (χ0n) is 6.27. The first-order chi connectivity index (χ1) is 5.54. The zero-order valence-corrected chi connectivity index (χ0v) is 10.0. The van der Waals surface area contributed by atoms with E-state index in [1.807, 2.05) is 22.6 Å². The summed E-state index contributed by atoms with van der Waals surface area (Å²) in [6.45, 7) is 1.46. The van der Waals surface area contributed by atoms with Crippen molar-refractivity contribution in [1.29, 1.82) is 0 Å². The third-order valence-electron chi connectivity index (χ3n) is 1.45. The third-order valence-corrected chi connectivity index (χ3v) is 3.12. The highest BCUT2D eigenvalue weighted by molar-refractivity contribution is 14.1. The number of aromatic hydroxyl groups is 1. The van der Waals surface area contributed by atoms with E-state index in [-0.39, 0.29) is 11.5 Å². The molecule has 2 nitrogen and oxygen atoms in total. The van der Waals surface area contributed by atoms with Gasteiger partial charge in [-0.1, -0.05) is 0 Å². The average molecular weight is 341 g/mol. The number of phenolic OH excluding ortho intramolecular Hbond substituents is 1. The van der Waals surface area contributed by atoms with Crippen LogP contribution in [0.4, 0.5) is 0 Å². The Bertz CT molecular complexity index is 336. The molecule has 0 aromatic heterocycles. The summed E-state index contributed by atoms with van der Waals surface area (Å²) in [7, 11) is 0. The summed E-state index contributed by atoms with van der Waals surface area (Å²) in [4.78, 5) is 11.0. The Balaban J connectivity index is 3.36. The molecule has 0 saturated carbocycles. The van der Waals surface area contributed by atoms with Crippen LogP contribution in [0.1, 0.15) is 17.3 Å². The fourth-order valence-corrected chi connectivity index (χ4v) is 2.26. The maximum Gasteiger partial charge on any atom is 0.161 e. The molecule has 0 radical (unpaired) electrons. The minimum atomic E-state index is -0.0615. The van der Waals surface area contributed by atoms with Crippen molar-refractivity contribution in [2.75, 3.05) is 0 Å². The number of hydrogen-bond donors (Lipinski definition) is 1. The lowest BCUT2D eigenvalue weighted by Crippen LogP contribution is -1.94. The Labute approximate surface area is 92.2 Å². The first-order valence-corrected chi connectivity index (χ1v) is 5.09. The standard InChI is InChI=1S/C8H6BrIO2/c1-4(11)5-2-3-6(10)8(12)7(5)9/h2-3,12H,1H3. The zero-order chi connectivity index (χ0) is 9.30. The monoisotopic (exact) mass is 340 g/mol. The molecule has 0 spiro atoms. The summed E-state index contributed by atoms with van der Waals surface area (Å²) in [5.41, 5.74) is 0.507. The molecule has 0 aliphatic carbocycles. The quantitative estimate of drug-likeness (QED) is 0.630. The van der Waals surface area contributed by atoms with Crippen molar-refractivity contribution in [3.63, 3.8) is 0 Å². The molecule has 1 N–H and O–H groups in total. The summed E-state index contributed by atoms with van der Waals surface area (Å²) in [6.07, 6.45) is 0. The van der Waals surface area contributed by atoms with Gasteiger partial charge in [0.1, 0.15) is 5.75 Å². The number of rotatable bonds is 1. The van der Waals surface area contributed by atoms with Crippen LogP contribution in [0.25, 0.3) is 0 Å². The van der Waals surface area contributed by atoms with Gasteiger partial charge in [-0.3, -0.25) is 4.79 Å². The van der Waals surface area contributed by atoms with Gasteiger partial charge in [-0.25, -0.2) is 0 Å². The van der Waals surface area contributed by atoms with E-state index in [1.54, 1.807) is 12.1 Å². The van der Waals surface area contributed by atoms with Crippen molar-refractivity contribution in [2.24, 2.45) is 0 Å². The van der Waals surface area contributed by atoms with Gasteiger partial charge in [-0.15, -0.1) is 0 Å². The lowest BCUT2D eigenvalue weighted by molar-refractivity contribution is 0.101. The van der Waals surface area contributed by atoms with E-state index >= 15 is 0 Å². The van der Waals surface area contributed by atoms with Crippen molar-refractivity contribution >= 4 is 44.3 Å². The molecular formula is C8H6BrIO2. The number of benzene rings is 1. The van der Waals surface area contributed by atoms with Crippen molar-refractivity contribution in [2.45, 2.75) is 6.92 Å². The van der Waals surface area contributed by atoms with Gasteiger partial charge in [-0.05, 0) is 57.6 Å². The number of hydrogen-bond acceptors (Lipinski definition) is 2. The number of ketones is 1. The van der Waals surface area contributed by atoms with Gasteiger partial charge in [0, 0.05) is 5.56 Å². The second-order valence-corrected chi connectivity index (χ2v) is 4.27. The molecule has 1 aromatic carbocycles. The van der Waals surface area contributed by atoms with E-state index in [1.165, 1.54) is 6.92 Å². The predicted molar refractivity (Wildman–Crippen MR) is 58.5 cm³/mol. The van der Waals surface area contributed by atoms with Gasteiger partial charge < -0.3 is 5.11 Å². The molecule has 0 fully saturated rings. The van der Waals surface area contributed by atoms with Crippen LogP contribution in [-0.4, -0.2) is 10.9 Å². The number of phenols is 1. The molecule has 1 aromatic rings. The van der Waals surface area contributed by atoms with Crippen LogP contribution >= 0.6 is 38.5 Å². The minimum absolute atomic E-state index is 0.0615. The molecular weight excluding hydrogens is 335 g/mol. The molecule has 0 aliphatic heterocycles. The van der Waals surface area contributed by atoms with Crippen LogP contribution in [0.2, 0.25) is 0 Å². The predicted octanol–water partition coefficient (Wildman–Crippen LogP) is 2.96. The topological polar surface area (TPSA) is 37.3 Å². The SMILES string of the molecule is CC(=O)c1ccc(I)c(O)c1Br. The summed E-state index contributed by atoms with van der Waals surface area (Å²) in [6, 6.07) is 3.39. The lowest BCUT2D eigenvalue weighted by atomic mass is 10.1. The molecule has 4 heteroatoms. The smallest absolute Gasteiger partial charge is 0.161 e. The Morgan fingerprint density at radius 1 is 1.58 bits per heavy atom. The lowest BCUT2D eigenvalue weighted by Gasteiger charge is -2.03. The second kappa shape index (κ2) is 3.74. The molecule has 0 atom stereocenters. The molecule has 0 heterocycles. The molecule has 12 heavy (non-hydrogen) atoms. The first kappa shape index (κ1) is 9.98. The van der Waals surface area contributed by atoms with Gasteiger partial charge in [0.15, 0.2) is 5.78 Å². The fourth-order valence-electron chi connectivity index (χ4n) is 0.813. The fraction of sp³-hybridized carbons (Fsp3) is 0.125. The van der Waals surface area contributed by atoms with Crippen molar-refractivity contribution < 1.29 is 9.90 Å². The highest BCUT2D eigenvalue weighted by Crippen LogP contribution is 2.32. The van der Waals surface area contributed by atoms with E-state index in [0.717, 1.165) is 3.57 Å². The van der Waals surface area contributed by atoms with E-state index in [9.17, 15) is 9.90 Å². The first-order valence-electron chi connectivity index (χ1n) is 3.22. The van der Waals surface area contributed by atoms with E-state index in [0.29, 0.717) is 10.0 Å². The molecule has 0 bridgehead atoms. The molecule has 0 unspecified atom stereocenters. The minimum Gasteiger partial charge on any atom is -0.506 e. The van der Waals surface area contributed by atoms with Crippen molar-refractivity contribution in [3.8, 4) is 5.75 Å². The summed E-state index contributed by atoms with van der Waals surface area (Å²) in [5.74, 6) is 0.0666. The van der Waals surface area contributed by atoms with Crippen LogP contribution in [-0.2, 0) is 0 Å². The molecule has 0 amide bonds. The third kappa shape index (κ3) is 1.80.